The predicted molar refractivity (Wildman–Crippen MR) is 142 cm³/mol. The Balaban J connectivity index is 1.87. The second kappa shape index (κ2) is 12.3. The lowest BCUT2D eigenvalue weighted by molar-refractivity contribution is -0.185. The van der Waals surface area contributed by atoms with E-state index < -0.39 is 33.9 Å². The summed E-state index contributed by atoms with van der Waals surface area (Å²) in [6.45, 7) is 6.42. The first-order valence-corrected chi connectivity index (χ1v) is 14.0. The first-order chi connectivity index (χ1) is 17.5. The number of anilines is 1. The minimum atomic E-state index is -3.92. The van der Waals surface area contributed by atoms with Gasteiger partial charge in [-0.15, -0.1) is 0 Å². The summed E-state index contributed by atoms with van der Waals surface area (Å²) >= 11 is 0. The largest absolute Gasteiger partial charge is 0.438 e. The first-order valence-electron chi connectivity index (χ1n) is 12.6. The Hall–Kier alpha value is -2.66. The molecule has 1 unspecified atom stereocenters. The molecule has 1 aliphatic rings. The smallest absolute Gasteiger partial charge is 0.410 e. The Kier molecular flexibility index (Phi) is 9.57. The molecule has 0 spiro atoms. The summed E-state index contributed by atoms with van der Waals surface area (Å²) in [6, 6.07) is 14.7. The van der Waals surface area contributed by atoms with E-state index >= 15 is 0 Å². The summed E-state index contributed by atoms with van der Waals surface area (Å²) in [5.74, 6) is 0.00838. The molecule has 9 nitrogen and oxygen atoms in total. The fraction of sp³-hybridized carbons (Fsp3) is 0.519. The number of carbonyl (C=O) groups excluding carboxylic acids is 1. The van der Waals surface area contributed by atoms with E-state index in [1.165, 1.54) is 33.5 Å². The predicted octanol–water partition coefficient (Wildman–Crippen LogP) is 3.14. The molecule has 3 rings (SSSR count). The van der Waals surface area contributed by atoms with Crippen LogP contribution in [-0.4, -0.2) is 79.9 Å². The van der Waals surface area contributed by atoms with Gasteiger partial charge in [-0.2, -0.15) is 4.31 Å². The molecule has 1 fully saturated rings. The molecule has 10 heteroatoms. The molecule has 1 saturated heterocycles. The van der Waals surface area contributed by atoms with Crippen molar-refractivity contribution in [3.63, 3.8) is 0 Å². The molecule has 2 aromatic rings. The zero-order valence-electron chi connectivity index (χ0n) is 22.0. The maximum atomic E-state index is 13.5. The fourth-order valence-electron chi connectivity index (χ4n) is 4.24. The van der Waals surface area contributed by atoms with Gasteiger partial charge >= 0.3 is 6.09 Å². The van der Waals surface area contributed by atoms with Crippen LogP contribution in [0.3, 0.4) is 0 Å². The highest BCUT2D eigenvalue weighted by molar-refractivity contribution is 7.89. The number of nitrogens with two attached hydrogens (primary N) is 1. The van der Waals surface area contributed by atoms with E-state index in [0.717, 1.165) is 5.56 Å². The molecule has 0 radical (unpaired) electrons. The van der Waals surface area contributed by atoms with Crippen LogP contribution in [0.2, 0.25) is 0 Å². The number of aliphatic hydroxyl groups is 1. The zero-order chi connectivity index (χ0) is 27.2. The van der Waals surface area contributed by atoms with Crippen molar-refractivity contribution in [3.05, 3.63) is 60.2 Å². The third-order valence-electron chi connectivity index (χ3n) is 6.67. The van der Waals surface area contributed by atoms with Gasteiger partial charge in [0.1, 0.15) is 0 Å². The zero-order valence-corrected chi connectivity index (χ0v) is 22.9. The molecular weight excluding hydrogens is 494 g/mol. The summed E-state index contributed by atoms with van der Waals surface area (Å²) in [7, 11) is -2.35. The number of hydrogen-bond donors (Lipinski definition) is 2. The Labute approximate surface area is 220 Å². The van der Waals surface area contributed by atoms with Gasteiger partial charge in [0.25, 0.3) is 0 Å². The number of sulfonamides is 1. The number of ether oxygens (including phenoxy) is 2. The fourth-order valence-corrected chi connectivity index (χ4v) is 5.86. The first kappa shape index (κ1) is 28.9. The number of aliphatic hydroxyl groups excluding tert-OH is 1. The Bertz CT molecular complexity index is 1120. The number of nitrogen functional groups attached to an aromatic ring is 1. The van der Waals surface area contributed by atoms with Crippen molar-refractivity contribution in [3.8, 4) is 0 Å². The van der Waals surface area contributed by atoms with Crippen LogP contribution in [-0.2, 0) is 25.9 Å². The van der Waals surface area contributed by atoms with Gasteiger partial charge in [-0.05, 0) is 48.6 Å². The summed E-state index contributed by atoms with van der Waals surface area (Å²) in [5.41, 5.74) is 6.43. The van der Waals surface area contributed by atoms with E-state index in [9.17, 15) is 18.3 Å². The van der Waals surface area contributed by atoms with E-state index in [1.54, 1.807) is 7.05 Å². The number of likely N-dealkylation sites (N-methyl/N-ethyl adjacent to an activating group) is 1. The molecular formula is C27H39N3O6S. The van der Waals surface area contributed by atoms with Crippen LogP contribution in [0.25, 0.3) is 0 Å². The molecule has 0 saturated carbocycles. The molecule has 1 aliphatic heterocycles. The third kappa shape index (κ3) is 7.22. The van der Waals surface area contributed by atoms with Crippen LogP contribution in [0.4, 0.5) is 10.5 Å². The summed E-state index contributed by atoms with van der Waals surface area (Å²) in [6.07, 6.45) is -0.835. The normalized spacial score (nSPS) is 16.7. The van der Waals surface area contributed by atoms with Crippen molar-refractivity contribution in [1.82, 2.24) is 9.21 Å². The van der Waals surface area contributed by atoms with Gasteiger partial charge in [0.15, 0.2) is 5.60 Å². The van der Waals surface area contributed by atoms with Crippen LogP contribution < -0.4 is 5.73 Å². The molecule has 2 atom stereocenters. The number of hydrogen-bond acceptors (Lipinski definition) is 7. The standard InChI is InChI=1S/C27H39N3O6S/c1-5-27(18-35-19-27)36-26(32)29(4)24(15-21-9-7-6-8-10-21)25(31)17-30(16-20(2)3)37(33,34)23-13-11-22(28)12-14-23/h6-14,20,24-25,31H,5,15-19,28H2,1-4H3/t24-,25?/m0/s1. The van der Waals surface area contributed by atoms with Crippen molar-refractivity contribution < 1.29 is 27.8 Å². The average Bonchev–Trinajstić information content (AvgIpc) is 2.84. The lowest BCUT2D eigenvalue weighted by Gasteiger charge is -2.42. The lowest BCUT2D eigenvalue weighted by atomic mass is 9.98. The van der Waals surface area contributed by atoms with Crippen molar-refractivity contribution >= 4 is 21.8 Å². The van der Waals surface area contributed by atoms with Crippen molar-refractivity contribution in [2.24, 2.45) is 5.92 Å². The highest BCUT2D eigenvalue weighted by Crippen LogP contribution is 2.27. The monoisotopic (exact) mass is 533 g/mol. The lowest BCUT2D eigenvalue weighted by Crippen LogP contribution is -2.57. The van der Waals surface area contributed by atoms with E-state index in [4.69, 9.17) is 15.2 Å². The number of rotatable bonds is 12. The van der Waals surface area contributed by atoms with Crippen LogP contribution in [0.15, 0.2) is 59.5 Å². The number of nitrogens with zero attached hydrogens (tertiary/aromatic N) is 2. The van der Waals surface area contributed by atoms with Gasteiger partial charge in [0.2, 0.25) is 10.0 Å². The molecule has 1 heterocycles. The van der Waals surface area contributed by atoms with Crippen molar-refractivity contribution in [2.45, 2.75) is 56.3 Å². The average molecular weight is 534 g/mol. The highest BCUT2D eigenvalue weighted by Gasteiger charge is 2.43. The number of amides is 1. The molecule has 3 N–H and O–H groups in total. The molecule has 37 heavy (non-hydrogen) atoms. The second-order valence-electron chi connectivity index (χ2n) is 10.1. The molecule has 0 bridgehead atoms. The van der Waals surface area contributed by atoms with Crippen LogP contribution in [0.5, 0.6) is 0 Å². The van der Waals surface area contributed by atoms with E-state index in [0.29, 0.717) is 31.7 Å². The quantitative estimate of drug-likeness (QED) is 0.402. The topological polar surface area (TPSA) is 122 Å². The Morgan fingerprint density at radius 1 is 1.11 bits per heavy atom. The maximum Gasteiger partial charge on any atom is 0.410 e. The maximum absolute atomic E-state index is 13.5. The van der Waals surface area contributed by atoms with Crippen LogP contribution in [0.1, 0.15) is 32.8 Å². The summed E-state index contributed by atoms with van der Waals surface area (Å²) in [4.78, 5) is 14.6. The van der Waals surface area contributed by atoms with Gasteiger partial charge in [-0.3, -0.25) is 0 Å². The van der Waals surface area contributed by atoms with Gasteiger partial charge in [0, 0.05) is 25.8 Å². The van der Waals surface area contributed by atoms with Crippen LogP contribution >= 0.6 is 0 Å². The molecule has 1 amide bonds. The minimum Gasteiger partial charge on any atom is -0.438 e. The van der Waals surface area contributed by atoms with Gasteiger partial charge in [-0.1, -0.05) is 51.1 Å². The van der Waals surface area contributed by atoms with Gasteiger partial charge < -0.3 is 25.2 Å². The number of carbonyl (C=O) groups is 1. The van der Waals surface area contributed by atoms with E-state index in [2.05, 4.69) is 0 Å². The highest BCUT2D eigenvalue weighted by atomic mass is 32.2. The Morgan fingerprint density at radius 3 is 2.24 bits per heavy atom. The van der Waals surface area contributed by atoms with Crippen molar-refractivity contribution in [2.75, 3.05) is 39.1 Å². The van der Waals surface area contributed by atoms with Crippen LogP contribution in [0, 0.1) is 5.92 Å². The van der Waals surface area contributed by atoms with E-state index in [1.807, 2.05) is 51.1 Å². The van der Waals surface area contributed by atoms with E-state index in [-0.39, 0.29) is 23.9 Å². The number of benzene rings is 2. The van der Waals surface area contributed by atoms with Gasteiger partial charge in [0.05, 0.1) is 30.3 Å². The molecule has 2 aromatic carbocycles. The summed E-state index contributed by atoms with van der Waals surface area (Å²) < 4.78 is 39.4. The minimum absolute atomic E-state index is 0.00838. The Morgan fingerprint density at radius 2 is 1.73 bits per heavy atom. The van der Waals surface area contributed by atoms with Crippen molar-refractivity contribution in [1.29, 1.82) is 0 Å². The summed E-state index contributed by atoms with van der Waals surface area (Å²) in [5, 5.41) is 11.5. The molecule has 204 valence electrons. The molecule has 0 aliphatic carbocycles. The third-order valence-corrected chi connectivity index (χ3v) is 8.52. The van der Waals surface area contributed by atoms with Gasteiger partial charge in [-0.25, -0.2) is 13.2 Å². The second-order valence-corrected chi connectivity index (χ2v) is 12.1. The SMILES string of the molecule is CCC1(OC(=O)N(C)[C@@H](Cc2ccccc2)C(O)CN(CC(C)C)S(=O)(=O)c2ccc(N)cc2)COC1. The molecule has 0 aromatic heterocycles.